The zero-order valence-corrected chi connectivity index (χ0v) is 14.1. The Morgan fingerprint density at radius 1 is 0.524 bits per heavy atom. The zero-order valence-electron chi connectivity index (χ0n) is 14.1. The van der Waals surface area contributed by atoms with Gasteiger partial charge in [0.25, 0.3) is 0 Å². The van der Waals surface area contributed by atoms with Crippen LogP contribution in [0.4, 0.5) is 0 Å². The Morgan fingerprint density at radius 2 is 0.952 bits per heavy atom. The third-order valence-electron chi connectivity index (χ3n) is 4.15. The third kappa shape index (κ3) is 17.8. The van der Waals surface area contributed by atoms with Crippen LogP contribution in [-0.4, -0.2) is 27.7 Å². The maximum Gasteiger partial charge on any atom is 0.151 e. The molecule has 21 heavy (non-hydrogen) atoms. The Balaban J connectivity index is 3.08. The molecule has 0 aliphatic rings. The fourth-order valence-corrected chi connectivity index (χ4v) is 2.71. The molecule has 1 atom stereocenters. The lowest BCUT2D eigenvalue weighted by Gasteiger charge is -2.10. The van der Waals surface area contributed by atoms with Crippen molar-refractivity contribution in [1.29, 1.82) is 0 Å². The lowest BCUT2D eigenvalue weighted by molar-refractivity contribution is -0.0534. The van der Waals surface area contributed by atoms with Crippen molar-refractivity contribution in [3.8, 4) is 0 Å². The highest BCUT2D eigenvalue weighted by Gasteiger charge is 2.06. The topological polar surface area (TPSA) is 60.7 Å². The van der Waals surface area contributed by atoms with Gasteiger partial charge in [0.2, 0.25) is 0 Å². The zero-order chi connectivity index (χ0) is 15.8. The lowest BCUT2D eigenvalue weighted by Crippen LogP contribution is -2.12. The third-order valence-corrected chi connectivity index (χ3v) is 4.15. The van der Waals surface area contributed by atoms with Gasteiger partial charge in [0.15, 0.2) is 6.29 Å². The van der Waals surface area contributed by atoms with E-state index in [1.165, 1.54) is 70.6 Å². The van der Waals surface area contributed by atoms with Crippen molar-refractivity contribution in [2.45, 2.75) is 116 Å². The van der Waals surface area contributed by atoms with E-state index in [0.717, 1.165) is 12.8 Å². The van der Waals surface area contributed by atoms with Crippen LogP contribution in [-0.2, 0) is 0 Å². The van der Waals surface area contributed by atoms with E-state index in [2.05, 4.69) is 6.92 Å². The molecule has 0 saturated carbocycles. The number of unbranched alkanes of at least 4 members (excludes halogenated alkanes) is 11. The average molecular weight is 302 g/mol. The molecule has 1 unspecified atom stereocenters. The Kier molecular flexibility index (Phi) is 16.2. The first kappa shape index (κ1) is 20.9. The van der Waals surface area contributed by atoms with Crippen molar-refractivity contribution in [2.24, 2.45) is 0 Å². The first-order chi connectivity index (χ1) is 10.2. The number of hydrogen-bond acceptors (Lipinski definition) is 3. The minimum atomic E-state index is -1.28. The molecule has 0 heterocycles. The van der Waals surface area contributed by atoms with Gasteiger partial charge in [0.1, 0.15) is 0 Å². The summed E-state index contributed by atoms with van der Waals surface area (Å²) in [6.45, 7) is 2.26. The van der Waals surface area contributed by atoms with E-state index in [1.807, 2.05) is 0 Å². The molecule has 0 aromatic heterocycles. The number of rotatable bonds is 16. The largest absolute Gasteiger partial charge is 0.393 e. The summed E-state index contributed by atoms with van der Waals surface area (Å²) in [6, 6.07) is 0. The van der Waals surface area contributed by atoms with Gasteiger partial charge in [-0.25, -0.2) is 0 Å². The second-order valence-corrected chi connectivity index (χ2v) is 6.39. The van der Waals surface area contributed by atoms with Gasteiger partial charge in [-0.3, -0.25) is 0 Å². The first-order valence-electron chi connectivity index (χ1n) is 9.21. The van der Waals surface area contributed by atoms with Crippen LogP contribution in [0.3, 0.4) is 0 Å². The highest BCUT2D eigenvalue weighted by Crippen LogP contribution is 2.14. The highest BCUT2D eigenvalue weighted by molar-refractivity contribution is 4.57. The van der Waals surface area contributed by atoms with Crippen LogP contribution in [0.1, 0.15) is 103 Å². The summed E-state index contributed by atoms with van der Waals surface area (Å²) in [6.07, 6.45) is 15.8. The molecule has 0 aromatic rings. The van der Waals surface area contributed by atoms with Crippen molar-refractivity contribution in [2.75, 3.05) is 0 Å². The van der Waals surface area contributed by atoms with E-state index in [4.69, 9.17) is 10.2 Å². The molecule has 0 fully saturated rings. The van der Waals surface area contributed by atoms with Crippen LogP contribution in [0.25, 0.3) is 0 Å². The summed E-state index contributed by atoms with van der Waals surface area (Å²) in [7, 11) is 0. The summed E-state index contributed by atoms with van der Waals surface area (Å²) >= 11 is 0. The molecule has 0 saturated heterocycles. The van der Waals surface area contributed by atoms with Gasteiger partial charge in [-0.15, -0.1) is 0 Å². The molecule has 0 rings (SSSR count). The predicted octanol–water partition coefficient (Wildman–Crippen LogP) is 4.53. The van der Waals surface area contributed by atoms with Gasteiger partial charge in [0.05, 0.1) is 6.10 Å². The minimum Gasteiger partial charge on any atom is -0.393 e. The van der Waals surface area contributed by atoms with Crippen molar-refractivity contribution in [1.82, 2.24) is 0 Å². The van der Waals surface area contributed by atoms with E-state index in [1.54, 1.807) is 0 Å². The molecular formula is C18H38O3. The molecule has 0 amide bonds. The molecule has 0 radical (unpaired) electrons. The van der Waals surface area contributed by atoms with E-state index >= 15 is 0 Å². The van der Waals surface area contributed by atoms with Crippen LogP contribution in [0.15, 0.2) is 0 Å². The molecule has 3 nitrogen and oxygen atoms in total. The Labute approximate surface area is 131 Å². The summed E-state index contributed by atoms with van der Waals surface area (Å²) in [5, 5.41) is 27.1. The smallest absolute Gasteiger partial charge is 0.151 e. The minimum absolute atomic E-state index is 0.277. The molecule has 0 aliphatic carbocycles. The SMILES string of the molecule is CCCCCCCCCCCCCCC(O)CCC(O)O. The van der Waals surface area contributed by atoms with E-state index in [-0.39, 0.29) is 12.5 Å². The van der Waals surface area contributed by atoms with E-state index in [0.29, 0.717) is 6.42 Å². The summed E-state index contributed by atoms with van der Waals surface area (Å²) in [5.74, 6) is 0. The Morgan fingerprint density at radius 3 is 1.38 bits per heavy atom. The van der Waals surface area contributed by atoms with Crippen molar-refractivity contribution in [3.63, 3.8) is 0 Å². The maximum absolute atomic E-state index is 9.64. The predicted molar refractivity (Wildman–Crippen MR) is 89.2 cm³/mol. The van der Waals surface area contributed by atoms with Crippen molar-refractivity contribution < 1.29 is 15.3 Å². The molecule has 0 spiro atoms. The summed E-state index contributed by atoms with van der Waals surface area (Å²) < 4.78 is 0. The standard InChI is InChI=1S/C18H38O3/c1-2-3-4-5-6-7-8-9-10-11-12-13-14-17(19)15-16-18(20)21/h17-21H,2-16H2,1H3. The number of hydrogen-bond donors (Lipinski definition) is 3. The second kappa shape index (κ2) is 16.3. The highest BCUT2D eigenvalue weighted by atomic mass is 16.5. The normalized spacial score (nSPS) is 13.0. The van der Waals surface area contributed by atoms with Gasteiger partial charge in [-0.05, 0) is 12.8 Å². The van der Waals surface area contributed by atoms with E-state index < -0.39 is 6.29 Å². The molecule has 0 bridgehead atoms. The molecule has 3 heteroatoms. The Hall–Kier alpha value is -0.120. The van der Waals surface area contributed by atoms with Crippen LogP contribution in [0.2, 0.25) is 0 Å². The Bertz CT molecular complexity index is 195. The number of aliphatic hydroxyl groups excluding tert-OH is 2. The number of aliphatic hydroxyl groups is 3. The van der Waals surface area contributed by atoms with Crippen LogP contribution in [0, 0.1) is 0 Å². The fourth-order valence-electron chi connectivity index (χ4n) is 2.71. The fraction of sp³-hybridized carbons (Fsp3) is 1.00. The molecule has 0 aromatic carbocycles. The quantitative estimate of drug-likeness (QED) is 0.290. The molecule has 0 aliphatic heterocycles. The summed E-state index contributed by atoms with van der Waals surface area (Å²) in [5.41, 5.74) is 0. The van der Waals surface area contributed by atoms with Crippen molar-refractivity contribution in [3.05, 3.63) is 0 Å². The van der Waals surface area contributed by atoms with Crippen molar-refractivity contribution >= 4 is 0 Å². The van der Waals surface area contributed by atoms with Crippen LogP contribution in [0.5, 0.6) is 0 Å². The van der Waals surface area contributed by atoms with Gasteiger partial charge < -0.3 is 15.3 Å². The maximum atomic E-state index is 9.64. The van der Waals surface area contributed by atoms with Crippen LogP contribution >= 0.6 is 0 Å². The summed E-state index contributed by atoms with van der Waals surface area (Å²) in [4.78, 5) is 0. The molecule has 3 N–H and O–H groups in total. The molecule has 128 valence electrons. The lowest BCUT2D eigenvalue weighted by atomic mass is 10.0. The van der Waals surface area contributed by atoms with Crippen LogP contribution < -0.4 is 0 Å². The monoisotopic (exact) mass is 302 g/mol. The molecular weight excluding hydrogens is 264 g/mol. The van der Waals surface area contributed by atoms with Gasteiger partial charge >= 0.3 is 0 Å². The second-order valence-electron chi connectivity index (χ2n) is 6.39. The van der Waals surface area contributed by atoms with Gasteiger partial charge in [-0.1, -0.05) is 84.0 Å². The van der Waals surface area contributed by atoms with E-state index in [9.17, 15) is 5.11 Å². The van der Waals surface area contributed by atoms with Gasteiger partial charge in [0, 0.05) is 6.42 Å². The average Bonchev–Trinajstić information content (AvgIpc) is 2.46. The van der Waals surface area contributed by atoms with Gasteiger partial charge in [-0.2, -0.15) is 0 Å². The first-order valence-corrected chi connectivity index (χ1v) is 9.21.